The van der Waals surface area contributed by atoms with Crippen LogP contribution in [-0.4, -0.2) is 22.7 Å². The Labute approximate surface area is 112 Å². The van der Waals surface area contributed by atoms with E-state index in [0.29, 0.717) is 6.07 Å². The van der Waals surface area contributed by atoms with Crippen molar-refractivity contribution in [1.29, 1.82) is 0 Å². The number of hydrogen-bond acceptors (Lipinski definition) is 4. The number of alkyl halides is 3. The lowest BCUT2D eigenvalue weighted by Crippen LogP contribution is -2.21. The summed E-state index contributed by atoms with van der Waals surface area (Å²) in [6.07, 6.45) is -3.58. The van der Waals surface area contributed by atoms with Crippen molar-refractivity contribution in [1.82, 2.24) is 0 Å². The Bertz CT molecular complexity index is 515. The highest BCUT2D eigenvalue weighted by atomic mass is 19.4. The highest BCUT2D eigenvalue weighted by molar-refractivity contribution is 5.55. The molecule has 1 aromatic rings. The first kappa shape index (κ1) is 14.6. The van der Waals surface area contributed by atoms with Crippen molar-refractivity contribution < 1.29 is 23.2 Å². The van der Waals surface area contributed by atoms with Crippen molar-refractivity contribution in [2.75, 3.05) is 11.9 Å². The average Bonchev–Trinajstić information content (AvgIpc) is 3.18. The van der Waals surface area contributed by atoms with Crippen molar-refractivity contribution in [3.05, 3.63) is 33.9 Å². The molecule has 0 amide bonds. The predicted molar refractivity (Wildman–Crippen MR) is 65.3 cm³/mol. The van der Waals surface area contributed by atoms with E-state index < -0.39 is 28.5 Å². The molecule has 0 bridgehead atoms. The summed E-state index contributed by atoms with van der Waals surface area (Å²) in [6, 6.07) is 2.71. The first-order valence-electron chi connectivity index (χ1n) is 6.06. The maximum absolute atomic E-state index is 12.7. The summed E-state index contributed by atoms with van der Waals surface area (Å²) in [5.41, 5.74) is -2.18. The van der Waals surface area contributed by atoms with E-state index in [-0.39, 0.29) is 18.2 Å². The Morgan fingerprint density at radius 1 is 1.45 bits per heavy atom. The van der Waals surface area contributed by atoms with Crippen LogP contribution in [0.1, 0.15) is 18.4 Å². The first-order chi connectivity index (χ1) is 9.29. The molecule has 110 valence electrons. The number of aliphatic hydroxyl groups excluding tert-OH is 1. The Hall–Kier alpha value is -1.83. The molecular weight excluding hydrogens is 277 g/mol. The molecule has 1 unspecified atom stereocenters. The molecule has 2 N–H and O–H groups in total. The van der Waals surface area contributed by atoms with Gasteiger partial charge in [0.2, 0.25) is 0 Å². The van der Waals surface area contributed by atoms with Crippen LogP contribution in [0.15, 0.2) is 18.2 Å². The molecule has 2 rings (SSSR count). The van der Waals surface area contributed by atoms with Gasteiger partial charge >= 0.3 is 6.18 Å². The second-order valence-electron chi connectivity index (χ2n) is 4.77. The van der Waals surface area contributed by atoms with Gasteiger partial charge in [-0.3, -0.25) is 10.1 Å². The molecular formula is C12H13F3N2O3. The van der Waals surface area contributed by atoms with E-state index in [1.165, 1.54) is 6.07 Å². The van der Waals surface area contributed by atoms with E-state index in [4.69, 9.17) is 0 Å². The molecule has 1 saturated carbocycles. The van der Waals surface area contributed by atoms with Gasteiger partial charge in [-0.1, -0.05) is 0 Å². The van der Waals surface area contributed by atoms with Crippen LogP contribution in [0.4, 0.5) is 24.5 Å². The van der Waals surface area contributed by atoms with Gasteiger partial charge in [0, 0.05) is 18.3 Å². The molecule has 0 aliphatic heterocycles. The fourth-order valence-corrected chi connectivity index (χ4v) is 1.90. The van der Waals surface area contributed by atoms with Crippen LogP contribution in [0.2, 0.25) is 0 Å². The molecule has 1 aromatic carbocycles. The molecule has 1 aliphatic rings. The van der Waals surface area contributed by atoms with E-state index in [9.17, 15) is 28.4 Å². The van der Waals surface area contributed by atoms with Crippen LogP contribution in [0.3, 0.4) is 0 Å². The summed E-state index contributed by atoms with van der Waals surface area (Å²) in [5, 5.41) is 22.9. The lowest BCUT2D eigenvalue weighted by atomic mass is 10.1. The van der Waals surface area contributed by atoms with Crippen molar-refractivity contribution in [2.24, 2.45) is 5.92 Å². The Kier molecular flexibility index (Phi) is 3.85. The SMILES string of the molecule is O=[N+]([O-])c1ccc(NCC(O)C2CC2)cc1C(F)(F)F. The summed E-state index contributed by atoms with van der Waals surface area (Å²) >= 11 is 0. The second-order valence-corrected chi connectivity index (χ2v) is 4.77. The highest BCUT2D eigenvalue weighted by Gasteiger charge is 2.38. The van der Waals surface area contributed by atoms with Crippen LogP contribution >= 0.6 is 0 Å². The maximum Gasteiger partial charge on any atom is 0.423 e. The first-order valence-corrected chi connectivity index (χ1v) is 6.06. The number of nitro benzene ring substituents is 1. The van der Waals surface area contributed by atoms with E-state index in [1.807, 2.05) is 0 Å². The zero-order valence-electron chi connectivity index (χ0n) is 10.4. The number of anilines is 1. The standard InChI is InChI=1S/C12H13F3N2O3/c13-12(14,15)9-5-8(3-4-10(9)17(19)20)16-6-11(18)7-1-2-7/h3-5,7,11,16,18H,1-2,6H2. The number of nitrogens with zero attached hydrogens (tertiary/aromatic N) is 1. The quantitative estimate of drug-likeness (QED) is 0.646. The topological polar surface area (TPSA) is 75.4 Å². The minimum atomic E-state index is -4.80. The van der Waals surface area contributed by atoms with E-state index in [0.717, 1.165) is 18.9 Å². The number of rotatable bonds is 5. The van der Waals surface area contributed by atoms with Crippen molar-refractivity contribution in [3.63, 3.8) is 0 Å². The molecule has 1 aliphatic carbocycles. The smallest absolute Gasteiger partial charge is 0.391 e. The molecule has 1 atom stereocenters. The minimum absolute atomic E-state index is 0.0997. The van der Waals surface area contributed by atoms with Gasteiger partial charge in [-0.15, -0.1) is 0 Å². The molecule has 0 spiro atoms. The highest BCUT2D eigenvalue weighted by Crippen LogP contribution is 2.38. The van der Waals surface area contributed by atoms with Crippen molar-refractivity contribution in [3.8, 4) is 0 Å². The van der Waals surface area contributed by atoms with Crippen LogP contribution < -0.4 is 5.32 Å². The zero-order valence-corrected chi connectivity index (χ0v) is 10.4. The number of halogens is 3. The molecule has 0 heterocycles. The lowest BCUT2D eigenvalue weighted by Gasteiger charge is -2.14. The van der Waals surface area contributed by atoms with Gasteiger partial charge in [0.25, 0.3) is 5.69 Å². The van der Waals surface area contributed by atoms with Gasteiger partial charge in [0.15, 0.2) is 0 Å². The molecule has 20 heavy (non-hydrogen) atoms. The van der Waals surface area contributed by atoms with E-state index >= 15 is 0 Å². The second kappa shape index (κ2) is 5.28. The van der Waals surface area contributed by atoms with Crippen LogP contribution in [0, 0.1) is 16.0 Å². The molecule has 0 saturated heterocycles. The van der Waals surface area contributed by atoms with E-state index in [1.54, 1.807) is 0 Å². The third kappa shape index (κ3) is 3.38. The summed E-state index contributed by atoms with van der Waals surface area (Å²) in [4.78, 5) is 9.52. The monoisotopic (exact) mass is 290 g/mol. The molecule has 1 fully saturated rings. The summed E-state index contributed by atoms with van der Waals surface area (Å²) in [6.45, 7) is 0.125. The predicted octanol–water partition coefficient (Wildman–Crippen LogP) is 2.80. The lowest BCUT2D eigenvalue weighted by molar-refractivity contribution is -0.388. The number of nitrogens with one attached hydrogen (secondary N) is 1. The summed E-state index contributed by atoms with van der Waals surface area (Å²) < 4.78 is 38.2. The zero-order chi connectivity index (χ0) is 14.9. The van der Waals surface area contributed by atoms with Crippen LogP contribution in [0.5, 0.6) is 0 Å². The number of hydrogen-bond donors (Lipinski definition) is 2. The van der Waals surface area contributed by atoms with Gasteiger partial charge in [-0.05, 0) is 30.9 Å². The molecule has 0 radical (unpaired) electrons. The van der Waals surface area contributed by atoms with Gasteiger partial charge in [-0.25, -0.2) is 0 Å². The third-order valence-corrected chi connectivity index (χ3v) is 3.18. The minimum Gasteiger partial charge on any atom is -0.391 e. The van der Waals surface area contributed by atoms with Crippen LogP contribution in [-0.2, 0) is 6.18 Å². The fourth-order valence-electron chi connectivity index (χ4n) is 1.90. The number of benzene rings is 1. The average molecular weight is 290 g/mol. The van der Waals surface area contributed by atoms with E-state index in [2.05, 4.69) is 5.32 Å². The largest absolute Gasteiger partial charge is 0.423 e. The fraction of sp³-hybridized carbons (Fsp3) is 0.500. The van der Waals surface area contributed by atoms with Gasteiger partial charge in [0.05, 0.1) is 11.0 Å². The van der Waals surface area contributed by atoms with Crippen molar-refractivity contribution in [2.45, 2.75) is 25.1 Å². The van der Waals surface area contributed by atoms with Gasteiger partial charge in [0.1, 0.15) is 5.56 Å². The Morgan fingerprint density at radius 2 is 2.10 bits per heavy atom. The Morgan fingerprint density at radius 3 is 2.60 bits per heavy atom. The normalized spacial score (nSPS) is 16.8. The summed E-state index contributed by atoms with van der Waals surface area (Å²) in [5.74, 6) is 0.197. The molecule has 0 aromatic heterocycles. The van der Waals surface area contributed by atoms with Crippen LogP contribution in [0.25, 0.3) is 0 Å². The molecule has 5 nitrogen and oxygen atoms in total. The van der Waals surface area contributed by atoms with Gasteiger partial charge in [-0.2, -0.15) is 13.2 Å². The third-order valence-electron chi connectivity index (χ3n) is 3.18. The van der Waals surface area contributed by atoms with Crippen molar-refractivity contribution >= 4 is 11.4 Å². The maximum atomic E-state index is 12.7. The molecule has 8 heteroatoms. The number of nitro groups is 1. The Balaban J connectivity index is 2.16. The number of aliphatic hydroxyl groups is 1. The van der Waals surface area contributed by atoms with Gasteiger partial charge < -0.3 is 10.4 Å². The summed E-state index contributed by atoms with van der Waals surface area (Å²) in [7, 11) is 0.